The number of esters is 1. The fourth-order valence-corrected chi connectivity index (χ4v) is 6.33. The summed E-state index contributed by atoms with van der Waals surface area (Å²) in [6, 6.07) is 16.3. The van der Waals surface area contributed by atoms with E-state index in [0.29, 0.717) is 18.3 Å². The number of nitrogens with one attached hydrogen (secondary N) is 2. The average molecular weight is 498 g/mol. The van der Waals surface area contributed by atoms with Gasteiger partial charge in [0.1, 0.15) is 6.33 Å². The minimum Gasteiger partial charge on any atom is -0.469 e. The summed E-state index contributed by atoms with van der Waals surface area (Å²) in [7, 11) is 1.47. The Morgan fingerprint density at radius 1 is 1.08 bits per heavy atom. The third-order valence-corrected chi connectivity index (χ3v) is 8.16. The van der Waals surface area contributed by atoms with Gasteiger partial charge < -0.3 is 15.0 Å². The number of methoxy groups -OCH3 is 1. The third kappa shape index (κ3) is 4.44. The van der Waals surface area contributed by atoms with Crippen LogP contribution in [0.1, 0.15) is 43.6 Å². The summed E-state index contributed by atoms with van der Waals surface area (Å²) in [6.45, 7) is 0. The highest BCUT2D eigenvalue weighted by molar-refractivity contribution is 7.17. The predicted octanol–water partition coefficient (Wildman–Crippen LogP) is 6.82. The number of thiophene rings is 1. The van der Waals surface area contributed by atoms with Crippen LogP contribution in [-0.4, -0.2) is 33.0 Å². The molecule has 0 bridgehead atoms. The van der Waals surface area contributed by atoms with Gasteiger partial charge in [-0.15, -0.1) is 11.3 Å². The van der Waals surface area contributed by atoms with Gasteiger partial charge in [0.2, 0.25) is 5.95 Å². The number of ether oxygens (including phenoxy) is 1. The van der Waals surface area contributed by atoms with Gasteiger partial charge in [-0.2, -0.15) is 0 Å². The number of fused-ring (bicyclic) bond motifs is 2. The second-order valence-electron chi connectivity index (χ2n) is 9.39. The maximum Gasteiger partial charge on any atom is 0.305 e. The van der Waals surface area contributed by atoms with Crippen molar-refractivity contribution in [2.75, 3.05) is 12.4 Å². The highest BCUT2D eigenvalue weighted by Crippen LogP contribution is 2.42. The van der Waals surface area contributed by atoms with Crippen LogP contribution in [0, 0.1) is 5.92 Å². The Bertz CT molecular complexity index is 1480. The number of anilines is 2. The summed E-state index contributed by atoms with van der Waals surface area (Å²) in [5.74, 6) is 1.52. The minimum atomic E-state index is -0.101. The lowest BCUT2D eigenvalue weighted by Crippen LogP contribution is -2.17. The first-order chi connectivity index (χ1) is 17.7. The summed E-state index contributed by atoms with van der Waals surface area (Å²) in [4.78, 5) is 28.8. The van der Waals surface area contributed by atoms with E-state index in [1.807, 2.05) is 36.4 Å². The standard InChI is InChI=1S/C28H27N5O2S/c1-35-24(34)14-17-6-8-18(9-7-17)21-15-36-27-25(29-16-30-26(21)27)19-10-12-20(13-11-19)31-28-32-22-4-2-3-5-23(22)33-28/h2-5,10-13,15-18H,6-9,14H2,1H3,(H2,31,32,33). The molecular weight excluding hydrogens is 470 g/mol. The van der Waals surface area contributed by atoms with Gasteiger partial charge in [0.05, 0.1) is 34.1 Å². The lowest BCUT2D eigenvalue weighted by atomic mass is 9.78. The van der Waals surface area contributed by atoms with Crippen LogP contribution in [0.5, 0.6) is 0 Å². The molecule has 5 aromatic rings. The fourth-order valence-electron chi connectivity index (χ4n) is 5.22. The first kappa shape index (κ1) is 22.7. The summed E-state index contributed by atoms with van der Waals surface area (Å²) in [5.41, 5.74) is 7.30. The number of aromatic nitrogens is 4. The molecule has 2 aromatic carbocycles. The van der Waals surface area contributed by atoms with Crippen LogP contribution in [0.2, 0.25) is 0 Å². The van der Waals surface area contributed by atoms with E-state index in [4.69, 9.17) is 4.74 Å². The topological polar surface area (TPSA) is 92.8 Å². The Kier molecular flexibility index (Phi) is 6.11. The highest BCUT2D eigenvalue weighted by atomic mass is 32.1. The number of rotatable bonds is 6. The Morgan fingerprint density at radius 3 is 2.67 bits per heavy atom. The van der Waals surface area contributed by atoms with Crippen LogP contribution < -0.4 is 5.32 Å². The number of hydrogen-bond donors (Lipinski definition) is 2. The van der Waals surface area contributed by atoms with E-state index in [2.05, 4.69) is 42.8 Å². The molecule has 3 heterocycles. The number of nitrogens with zero attached hydrogens (tertiary/aromatic N) is 3. The molecule has 8 heteroatoms. The van der Waals surface area contributed by atoms with Crippen molar-refractivity contribution >= 4 is 50.2 Å². The molecule has 1 aliphatic carbocycles. The second kappa shape index (κ2) is 9.70. The summed E-state index contributed by atoms with van der Waals surface area (Å²) < 4.78 is 5.98. The first-order valence-electron chi connectivity index (χ1n) is 12.3. The fraction of sp³-hybridized carbons (Fsp3) is 0.286. The number of carbonyl (C=O) groups is 1. The molecule has 0 saturated heterocycles. The predicted molar refractivity (Wildman–Crippen MR) is 144 cm³/mol. The van der Waals surface area contributed by atoms with Crippen molar-refractivity contribution in [3.8, 4) is 11.3 Å². The quantitative estimate of drug-likeness (QED) is 0.250. The van der Waals surface area contributed by atoms with E-state index in [1.165, 1.54) is 12.7 Å². The number of H-pyrrole nitrogens is 1. The van der Waals surface area contributed by atoms with Crippen molar-refractivity contribution in [3.63, 3.8) is 0 Å². The Hall–Kier alpha value is -3.78. The third-order valence-electron chi connectivity index (χ3n) is 7.16. The average Bonchev–Trinajstić information content (AvgIpc) is 3.53. The summed E-state index contributed by atoms with van der Waals surface area (Å²) >= 11 is 1.72. The summed E-state index contributed by atoms with van der Waals surface area (Å²) in [6.07, 6.45) is 6.46. The van der Waals surface area contributed by atoms with E-state index in [1.54, 1.807) is 17.7 Å². The molecule has 0 unspecified atom stereocenters. The molecule has 7 nitrogen and oxygen atoms in total. The zero-order chi connectivity index (χ0) is 24.5. The minimum absolute atomic E-state index is 0.101. The molecule has 36 heavy (non-hydrogen) atoms. The molecule has 0 radical (unpaired) electrons. The molecule has 3 aromatic heterocycles. The molecule has 1 aliphatic rings. The van der Waals surface area contributed by atoms with Gasteiger partial charge in [0.15, 0.2) is 0 Å². The smallest absolute Gasteiger partial charge is 0.305 e. The number of benzene rings is 2. The van der Waals surface area contributed by atoms with Crippen molar-refractivity contribution in [1.29, 1.82) is 0 Å². The summed E-state index contributed by atoms with van der Waals surface area (Å²) in [5, 5.41) is 5.61. The van der Waals surface area contributed by atoms with Crippen LogP contribution in [0.15, 0.2) is 60.2 Å². The largest absolute Gasteiger partial charge is 0.469 e. The van der Waals surface area contributed by atoms with Crippen LogP contribution >= 0.6 is 11.3 Å². The number of imidazole rings is 1. The van der Waals surface area contributed by atoms with Crippen LogP contribution in [0.4, 0.5) is 11.6 Å². The van der Waals surface area contributed by atoms with Crippen molar-refractivity contribution < 1.29 is 9.53 Å². The Morgan fingerprint density at radius 2 is 1.89 bits per heavy atom. The number of aromatic amines is 1. The monoisotopic (exact) mass is 497 g/mol. The lowest BCUT2D eigenvalue weighted by Gasteiger charge is -2.27. The van der Waals surface area contributed by atoms with Gasteiger partial charge in [-0.1, -0.05) is 24.3 Å². The van der Waals surface area contributed by atoms with Gasteiger partial charge in [-0.05, 0) is 72.7 Å². The van der Waals surface area contributed by atoms with Gasteiger partial charge >= 0.3 is 5.97 Å². The van der Waals surface area contributed by atoms with E-state index in [0.717, 1.165) is 69.8 Å². The van der Waals surface area contributed by atoms with Crippen molar-refractivity contribution in [3.05, 3.63) is 65.8 Å². The van der Waals surface area contributed by atoms with Crippen LogP contribution in [0.3, 0.4) is 0 Å². The van der Waals surface area contributed by atoms with E-state index >= 15 is 0 Å². The first-order valence-corrected chi connectivity index (χ1v) is 13.2. The zero-order valence-electron chi connectivity index (χ0n) is 20.0. The zero-order valence-corrected chi connectivity index (χ0v) is 20.8. The number of hydrogen-bond acceptors (Lipinski definition) is 7. The van der Waals surface area contributed by atoms with Crippen molar-refractivity contribution in [1.82, 2.24) is 19.9 Å². The maximum atomic E-state index is 11.6. The van der Waals surface area contributed by atoms with E-state index < -0.39 is 0 Å². The molecule has 0 spiro atoms. The molecular formula is C28H27N5O2S. The molecule has 1 fully saturated rings. The number of para-hydroxylation sites is 2. The molecule has 0 atom stereocenters. The van der Waals surface area contributed by atoms with Gasteiger partial charge in [-0.25, -0.2) is 15.0 Å². The van der Waals surface area contributed by atoms with Crippen LogP contribution in [-0.2, 0) is 9.53 Å². The Balaban J connectivity index is 1.19. The molecule has 182 valence electrons. The van der Waals surface area contributed by atoms with E-state index in [9.17, 15) is 4.79 Å². The molecule has 0 amide bonds. The SMILES string of the molecule is COC(=O)CC1CCC(c2csc3c(-c4ccc(Nc5nc6ccccc6[nH]5)cc4)ncnc23)CC1. The number of carbonyl (C=O) groups excluding carboxylic acids is 1. The van der Waals surface area contributed by atoms with Crippen molar-refractivity contribution in [2.45, 2.75) is 38.0 Å². The van der Waals surface area contributed by atoms with E-state index in [-0.39, 0.29) is 5.97 Å². The maximum absolute atomic E-state index is 11.6. The second-order valence-corrected chi connectivity index (χ2v) is 10.3. The van der Waals surface area contributed by atoms with Crippen molar-refractivity contribution in [2.24, 2.45) is 5.92 Å². The van der Waals surface area contributed by atoms with Gasteiger partial charge in [0, 0.05) is 17.7 Å². The molecule has 2 N–H and O–H groups in total. The molecule has 1 saturated carbocycles. The van der Waals surface area contributed by atoms with Gasteiger partial charge in [-0.3, -0.25) is 4.79 Å². The Labute approximate surface area is 213 Å². The molecule has 6 rings (SSSR count). The normalized spacial score (nSPS) is 17.9. The van der Waals surface area contributed by atoms with Gasteiger partial charge in [0.25, 0.3) is 0 Å². The molecule has 0 aliphatic heterocycles. The van der Waals surface area contributed by atoms with Crippen LogP contribution in [0.25, 0.3) is 32.5 Å². The highest BCUT2D eigenvalue weighted by Gasteiger charge is 2.27. The lowest BCUT2D eigenvalue weighted by molar-refractivity contribution is -0.142.